The average Bonchev–Trinajstić information content (AvgIpc) is 2.62. The number of nitrogens with one attached hydrogen (secondary N) is 1. The molecule has 29 heavy (non-hydrogen) atoms. The van der Waals surface area contributed by atoms with Crippen molar-refractivity contribution in [3.8, 4) is 0 Å². The maximum atomic E-state index is 10.7. The number of nitrogens with zero attached hydrogens (tertiary/aromatic N) is 4. The van der Waals surface area contributed by atoms with Crippen LogP contribution in [0.3, 0.4) is 0 Å². The summed E-state index contributed by atoms with van der Waals surface area (Å²) in [5, 5.41) is 15.0. The number of hydrazone groups is 1. The molecule has 1 atom stereocenters. The quantitative estimate of drug-likeness (QED) is 0.425. The largest absolute Gasteiger partial charge is 0.364 e. The van der Waals surface area contributed by atoms with Crippen LogP contribution < -0.4 is 10.3 Å². The molecule has 7 heteroatoms. The van der Waals surface area contributed by atoms with Crippen LogP contribution in [-0.2, 0) is 0 Å². The third-order valence-corrected chi connectivity index (χ3v) is 5.52. The van der Waals surface area contributed by atoms with E-state index in [1.165, 1.54) is 23.5 Å². The van der Waals surface area contributed by atoms with Crippen molar-refractivity contribution in [2.24, 2.45) is 5.10 Å². The zero-order valence-electron chi connectivity index (χ0n) is 17.9. The van der Waals surface area contributed by atoms with Crippen LogP contribution in [0.25, 0.3) is 0 Å². The van der Waals surface area contributed by atoms with E-state index in [1.807, 2.05) is 0 Å². The van der Waals surface area contributed by atoms with Gasteiger partial charge in [0, 0.05) is 23.3 Å². The Labute approximate surface area is 172 Å². The van der Waals surface area contributed by atoms with Gasteiger partial charge < -0.3 is 4.90 Å². The first-order valence-electron chi connectivity index (χ1n) is 9.93. The summed E-state index contributed by atoms with van der Waals surface area (Å²) < 4.78 is 0. The fraction of sp³-hybridized carbons (Fsp3) is 0.455. The van der Waals surface area contributed by atoms with Gasteiger partial charge in [-0.3, -0.25) is 15.5 Å². The monoisotopic (exact) mass is 395 g/mol. The fourth-order valence-electron chi connectivity index (χ4n) is 4.46. The van der Waals surface area contributed by atoms with E-state index in [0.717, 1.165) is 17.5 Å². The van der Waals surface area contributed by atoms with Gasteiger partial charge in [0.15, 0.2) is 0 Å². The normalized spacial score (nSPS) is 18.2. The Morgan fingerprint density at radius 1 is 1.38 bits per heavy atom. The molecular formula is C22H29N5O2. The molecular weight excluding hydrogens is 366 g/mol. The van der Waals surface area contributed by atoms with Gasteiger partial charge in [0.2, 0.25) is 0 Å². The molecule has 1 aliphatic rings. The minimum absolute atomic E-state index is 0.0447. The molecule has 0 saturated carbocycles. The van der Waals surface area contributed by atoms with Crippen molar-refractivity contribution < 1.29 is 4.92 Å². The molecule has 3 rings (SSSR count). The van der Waals surface area contributed by atoms with Crippen LogP contribution in [0.1, 0.15) is 63.6 Å². The Balaban J connectivity index is 1.85. The third kappa shape index (κ3) is 4.23. The number of rotatable bonds is 5. The summed E-state index contributed by atoms with van der Waals surface area (Å²) in [6.07, 6.45) is 4.10. The van der Waals surface area contributed by atoms with Crippen LogP contribution in [0.2, 0.25) is 0 Å². The SMILES string of the molecule is Cc1cc2c(cc1/C=N\Nc1ccc([N+](=O)[O-])cn1)[C@H](C)CC(C)(C)N2C(C)C. The number of pyridine rings is 1. The summed E-state index contributed by atoms with van der Waals surface area (Å²) in [5.41, 5.74) is 7.77. The second-order valence-electron chi connectivity index (χ2n) is 8.68. The molecule has 1 aliphatic heterocycles. The highest BCUT2D eigenvalue weighted by Gasteiger charge is 2.37. The topological polar surface area (TPSA) is 83.7 Å². The van der Waals surface area contributed by atoms with Gasteiger partial charge in [-0.2, -0.15) is 5.10 Å². The zero-order chi connectivity index (χ0) is 21.3. The highest BCUT2D eigenvalue weighted by atomic mass is 16.6. The molecule has 2 heterocycles. The summed E-state index contributed by atoms with van der Waals surface area (Å²) in [7, 11) is 0. The number of fused-ring (bicyclic) bond motifs is 1. The van der Waals surface area contributed by atoms with E-state index in [2.05, 4.69) is 74.1 Å². The molecule has 1 N–H and O–H groups in total. The van der Waals surface area contributed by atoms with Crippen LogP contribution in [0.15, 0.2) is 35.6 Å². The molecule has 154 valence electrons. The molecule has 0 saturated heterocycles. The zero-order valence-corrected chi connectivity index (χ0v) is 17.9. The molecule has 0 amide bonds. The highest BCUT2D eigenvalue weighted by molar-refractivity contribution is 5.84. The van der Waals surface area contributed by atoms with Crippen molar-refractivity contribution in [1.29, 1.82) is 0 Å². The second-order valence-corrected chi connectivity index (χ2v) is 8.68. The minimum Gasteiger partial charge on any atom is -0.364 e. The number of anilines is 2. The molecule has 0 fully saturated rings. The Morgan fingerprint density at radius 2 is 2.10 bits per heavy atom. The van der Waals surface area contributed by atoms with Crippen molar-refractivity contribution in [3.63, 3.8) is 0 Å². The standard InChI is InChI=1S/C22H29N5O2/c1-14(2)26-20-9-15(3)17(10-19(20)16(4)11-22(26,5)6)12-24-25-21-8-7-18(13-23-21)27(28)29/h7-10,12-14,16H,11H2,1-6H3,(H,23,25)/b24-12-/t16-/m1/s1. The smallest absolute Gasteiger partial charge is 0.287 e. The van der Waals surface area contributed by atoms with Crippen molar-refractivity contribution >= 4 is 23.4 Å². The summed E-state index contributed by atoms with van der Waals surface area (Å²) >= 11 is 0. The summed E-state index contributed by atoms with van der Waals surface area (Å²) in [6.45, 7) is 13.5. The predicted molar refractivity (Wildman–Crippen MR) is 118 cm³/mol. The van der Waals surface area contributed by atoms with Crippen molar-refractivity contribution in [2.45, 2.75) is 65.5 Å². The van der Waals surface area contributed by atoms with Gasteiger partial charge in [-0.15, -0.1) is 0 Å². The molecule has 2 aromatic rings. The van der Waals surface area contributed by atoms with Gasteiger partial charge in [0.05, 0.1) is 11.1 Å². The van der Waals surface area contributed by atoms with Crippen LogP contribution >= 0.6 is 0 Å². The summed E-state index contributed by atoms with van der Waals surface area (Å²) in [5.74, 6) is 0.926. The van der Waals surface area contributed by atoms with Gasteiger partial charge in [-0.25, -0.2) is 4.98 Å². The minimum atomic E-state index is -0.473. The Kier molecular flexibility index (Phi) is 5.59. The van der Waals surface area contributed by atoms with Gasteiger partial charge in [-0.05, 0) is 81.8 Å². The number of hydrogen-bond acceptors (Lipinski definition) is 6. The lowest BCUT2D eigenvalue weighted by Gasteiger charge is -2.50. The number of nitro groups is 1. The lowest BCUT2D eigenvalue weighted by atomic mass is 9.78. The number of aryl methyl sites for hydroxylation is 1. The Morgan fingerprint density at radius 3 is 2.69 bits per heavy atom. The molecule has 7 nitrogen and oxygen atoms in total. The van der Waals surface area contributed by atoms with E-state index >= 15 is 0 Å². The van der Waals surface area contributed by atoms with Gasteiger partial charge >= 0.3 is 0 Å². The average molecular weight is 396 g/mol. The number of aromatic nitrogens is 1. The fourth-order valence-corrected chi connectivity index (χ4v) is 4.46. The molecule has 1 aromatic heterocycles. The van der Waals surface area contributed by atoms with E-state index in [-0.39, 0.29) is 11.2 Å². The molecule has 0 bridgehead atoms. The van der Waals surface area contributed by atoms with Crippen LogP contribution in [0, 0.1) is 17.0 Å². The lowest BCUT2D eigenvalue weighted by Crippen LogP contribution is -2.51. The first kappa shape index (κ1) is 20.8. The predicted octanol–water partition coefficient (Wildman–Crippen LogP) is 5.24. The van der Waals surface area contributed by atoms with Crippen molar-refractivity contribution in [1.82, 2.24) is 4.98 Å². The molecule has 0 radical (unpaired) electrons. The van der Waals surface area contributed by atoms with Crippen molar-refractivity contribution in [2.75, 3.05) is 10.3 Å². The lowest BCUT2D eigenvalue weighted by molar-refractivity contribution is -0.385. The number of benzene rings is 1. The first-order valence-corrected chi connectivity index (χ1v) is 9.93. The summed E-state index contributed by atoms with van der Waals surface area (Å²) in [6, 6.07) is 7.86. The maximum absolute atomic E-state index is 10.7. The van der Waals surface area contributed by atoms with E-state index in [9.17, 15) is 10.1 Å². The van der Waals surface area contributed by atoms with Gasteiger partial charge in [-0.1, -0.05) is 6.92 Å². The second kappa shape index (κ2) is 7.81. The Bertz CT molecular complexity index is 935. The van der Waals surface area contributed by atoms with Gasteiger partial charge in [0.25, 0.3) is 5.69 Å². The van der Waals surface area contributed by atoms with E-state index in [1.54, 1.807) is 12.3 Å². The van der Waals surface area contributed by atoms with E-state index < -0.39 is 4.92 Å². The molecule has 0 unspecified atom stereocenters. The van der Waals surface area contributed by atoms with E-state index in [4.69, 9.17) is 0 Å². The van der Waals surface area contributed by atoms with Crippen LogP contribution in [0.5, 0.6) is 0 Å². The Hall–Kier alpha value is -2.96. The van der Waals surface area contributed by atoms with Gasteiger partial charge in [0.1, 0.15) is 12.0 Å². The van der Waals surface area contributed by atoms with Crippen LogP contribution in [-0.4, -0.2) is 27.7 Å². The highest BCUT2D eigenvalue weighted by Crippen LogP contribution is 2.45. The third-order valence-electron chi connectivity index (χ3n) is 5.52. The van der Waals surface area contributed by atoms with Crippen LogP contribution in [0.4, 0.5) is 17.2 Å². The summed E-state index contributed by atoms with van der Waals surface area (Å²) in [4.78, 5) is 16.8. The molecule has 0 spiro atoms. The number of hydrogen-bond donors (Lipinski definition) is 1. The molecule has 1 aromatic carbocycles. The first-order chi connectivity index (χ1) is 13.6. The van der Waals surface area contributed by atoms with E-state index in [0.29, 0.717) is 17.8 Å². The maximum Gasteiger partial charge on any atom is 0.287 e. The molecule has 0 aliphatic carbocycles. The van der Waals surface area contributed by atoms with Crippen molar-refractivity contribution in [3.05, 3.63) is 57.3 Å².